The van der Waals surface area contributed by atoms with Crippen LogP contribution >= 0.6 is 11.8 Å². The molecule has 0 saturated heterocycles. The Balaban J connectivity index is 2.56. The Morgan fingerprint density at radius 1 is 1.15 bits per heavy atom. The second-order valence-corrected chi connectivity index (χ2v) is 6.82. The van der Waals surface area contributed by atoms with Crippen molar-refractivity contribution in [3.63, 3.8) is 0 Å². The van der Waals surface area contributed by atoms with Crippen molar-refractivity contribution in [3.05, 3.63) is 11.9 Å². The van der Waals surface area contributed by atoms with E-state index in [1.807, 2.05) is 17.8 Å². The molecule has 1 aromatic rings. The van der Waals surface area contributed by atoms with Gasteiger partial charge in [0.15, 0.2) is 0 Å². The Kier molecular flexibility index (Phi) is 7.09. The van der Waals surface area contributed by atoms with Crippen LogP contribution < -0.4 is 16.6 Å². The van der Waals surface area contributed by atoms with Gasteiger partial charge in [0.1, 0.15) is 17.5 Å². The SMILES string of the molecule is CSCCCCCNc1cc(NN)nc(C(C)(C)C)n1. The number of nitrogens with zero attached hydrogens (tertiary/aromatic N) is 2. The fraction of sp³-hybridized carbons (Fsp3) is 0.714. The lowest BCUT2D eigenvalue weighted by Crippen LogP contribution is -2.20. The van der Waals surface area contributed by atoms with Gasteiger partial charge in [-0.15, -0.1) is 0 Å². The summed E-state index contributed by atoms with van der Waals surface area (Å²) in [5.74, 6) is 8.98. The molecule has 1 aromatic heterocycles. The first-order chi connectivity index (χ1) is 9.47. The molecule has 0 amide bonds. The highest BCUT2D eigenvalue weighted by molar-refractivity contribution is 7.98. The molecule has 0 aliphatic heterocycles. The summed E-state index contributed by atoms with van der Waals surface area (Å²) in [5, 5.41) is 3.36. The number of hydrogen-bond acceptors (Lipinski definition) is 6. The first-order valence-electron chi connectivity index (χ1n) is 7.06. The number of nitrogen functional groups attached to an aromatic ring is 1. The monoisotopic (exact) mass is 297 g/mol. The van der Waals surface area contributed by atoms with Crippen LogP contribution in [0.15, 0.2) is 6.07 Å². The lowest BCUT2D eigenvalue weighted by molar-refractivity contribution is 0.546. The summed E-state index contributed by atoms with van der Waals surface area (Å²) in [4.78, 5) is 8.97. The molecule has 1 heterocycles. The van der Waals surface area contributed by atoms with Gasteiger partial charge in [-0.05, 0) is 24.9 Å². The van der Waals surface area contributed by atoms with E-state index >= 15 is 0 Å². The molecule has 1 rings (SSSR count). The predicted molar refractivity (Wildman–Crippen MR) is 89.3 cm³/mol. The highest BCUT2D eigenvalue weighted by atomic mass is 32.2. The van der Waals surface area contributed by atoms with Crippen molar-refractivity contribution >= 4 is 23.4 Å². The van der Waals surface area contributed by atoms with Gasteiger partial charge in [0, 0.05) is 18.0 Å². The topological polar surface area (TPSA) is 75.9 Å². The van der Waals surface area contributed by atoms with Crippen LogP contribution in [-0.4, -0.2) is 28.5 Å². The summed E-state index contributed by atoms with van der Waals surface area (Å²) in [7, 11) is 0. The number of nitrogens with one attached hydrogen (secondary N) is 2. The van der Waals surface area contributed by atoms with Gasteiger partial charge in [-0.25, -0.2) is 15.8 Å². The summed E-state index contributed by atoms with van der Waals surface area (Å²) in [5.41, 5.74) is 2.51. The highest BCUT2D eigenvalue weighted by Crippen LogP contribution is 2.21. The van der Waals surface area contributed by atoms with Gasteiger partial charge >= 0.3 is 0 Å². The molecule has 0 unspecified atom stereocenters. The molecule has 0 bridgehead atoms. The maximum absolute atomic E-state index is 5.47. The molecule has 0 saturated carbocycles. The van der Waals surface area contributed by atoms with E-state index < -0.39 is 0 Å². The Morgan fingerprint density at radius 3 is 2.45 bits per heavy atom. The summed E-state index contributed by atoms with van der Waals surface area (Å²) in [6.07, 6.45) is 5.82. The van der Waals surface area contributed by atoms with Gasteiger partial charge < -0.3 is 10.7 Å². The van der Waals surface area contributed by atoms with Crippen molar-refractivity contribution in [1.29, 1.82) is 0 Å². The van der Waals surface area contributed by atoms with Gasteiger partial charge in [0.25, 0.3) is 0 Å². The second kappa shape index (κ2) is 8.32. The van der Waals surface area contributed by atoms with Crippen LogP contribution in [0.2, 0.25) is 0 Å². The molecule has 0 radical (unpaired) electrons. The molecule has 0 atom stereocenters. The zero-order valence-corrected chi connectivity index (χ0v) is 13.8. The predicted octanol–water partition coefficient (Wildman–Crippen LogP) is 3.00. The minimum atomic E-state index is -0.0956. The third kappa shape index (κ3) is 5.96. The number of unbranched alkanes of at least 4 members (excludes halogenated alkanes) is 2. The summed E-state index contributed by atoms with van der Waals surface area (Å²) in [6, 6.07) is 1.84. The van der Waals surface area contributed by atoms with Crippen LogP contribution in [-0.2, 0) is 5.41 Å². The van der Waals surface area contributed by atoms with E-state index in [0.717, 1.165) is 24.6 Å². The number of thioether (sulfide) groups is 1. The first kappa shape index (κ1) is 17.0. The van der Waals surface area contributed by atoms with Crippen molar-refractivity contribution in [2.24, 2.45) is 5.84 Å². The summed E-state index contributed by atoms with van der Waals surface area (Å²) >= 11 is 1.90. The maximum Gasteiger partial charge on any atom is 0.145 e. The van der Waals surface area contributed by atoms with Crippen molar-refractivity contribution in [2.75, 3.05) is 29.3 Å². The highest BCUT2D eigenvalue weighted by Gasteiger charge is 2.18. The second-order valence-electron chi connectivity index (χ2n) is 5.84. The lowest BCUT2D eigenvalue weighted by Gasteiger charge is -2.18. The molecule has 6 heteroatoms. The van der Waals surface area contributed by atoms with Crippen LogP contribution in [0.4, 0.5) is 11.6 Å². The van der Waals surface area contributed by atoms with Crippen LogP contribution in [0.25, 0.3) is 0 Å². The Morgan fingerprint density at radius 2 is 1.85 bits per heavy atom. The van der Waals surface area contributed by atoms with Gasteiger partial charge in [0.05, 0.1) is 0 Å². The molecule has 0 spiro atoms. The normalized spacial score (nSPS) is 11.4. The zero-order chi connectivity index (χ0) is 15.0. The standard InChI is InChI=1S/C14H27N5S/c1-14(2,3)13-17-11(10-12(18-13)19-15)16-8-6-5-7-9-20-4/h10H,5-9,15H2,1-4H3,(H2,16,17,18,19). The number of nitrogens with two attached hydrogens (primary N) is 1. The zero-order valence-electron chi connectivity index (χ0n) is 13.0. The molecule has 114 valence electrons. The molecular weight excluding hydrogens is 270 g/mol. The van der Waals surface area contributed by atoms with Crippen LogP contribution in [0.5, 0.6) is 0 Å². The van der Waals surface area contributed by atoms with Gasteiger partial charge in [-0.2, -0.15) is 11.8 Å². The van der Waals surface area contributed by atoms with Crippen LogP contribution in [0.3, 0.4) is 0 Å². The number of hydrazine groups is 1. The maximum atomic E-state index is 5.47. The Bertz CT molecular complexity index is 403. The largest absolute Gasteiger partial charge is 0.370 e. The Hall–Kier alpha value is -1.01. The van der Waals surface area contributed by atoms with Crippen molar-refractivity contribution in [1.82, 2.24) is 9.97 Å². The van der Waals surface area contributed by atoms with Gasteiger partial charge in [-0.1, -0.05) is 27.2 Å². The smallest absolute Gasteiger partial charge is 0.145 e. The first-order valence-corrected chi connectivity index (χ1v) is 8.45. The average molecular weight is 297 g/mol. The van der Waals surface area contributed by atoms with Gasteiger partial charge in [-0.3, -0.25) is 0 Å². The fourth-order valence-corrected chi connectivity index (χ4v) is 2.20. The lowest BCUT2D eigenvalue weighted by atomic mass is 9.96. The van der Waals surface area contributed by atoms with Crippen LogP contribution in [0.1, 0.15) is 45.9 Å². The fourth-order valence-electron chi connectivity index (χ4n) is 1.71. The average Bonchev–Trinajstić information content (AvgIpc) is 2.41. The van der Waals surface area contributed by atoms with E-state index in [0.29, 0.717) is 5.82 Å². The molecule has 5 nitrogen and oxygen atoms in total. The molecule has 0 fully saturated rings. The summed E-state index contributed by atoms with van der Waals surface area (Å²) in [6.45, 7) is 7.21. The number of rotatable bonds is 8. The summed E-state index contributed by atoms with van der Waals surface area (Å²) < 4.78 is 0. The van der Waals surface area contributed by atoms with Crippen LogP contribution in [0, 0.1) is 0 Å². The molecular formula is C14H27N5S. The molecule has 0 aliphatic rings. The van der Waals surface area contributed by atoms with E-state index in [-0.39, 0.29) is 5.41 Å². The van der Waals surface area contributed by atoms with Crippen molar-refractivity contribution in [2.45, 2.75) is 45.4 Å². The Labute approximate surface area is 126 Å². The van der Waals surface area contributed by atoms with Crippen molar-refractivity contribution < 1.29 is 0 Å². The van der Waals surface area contributed by atoms with Gasteiger partial charge in [0.2, 0.25) is 0 Å². The minimum absolute atomic E-state index is 0.0956. The third-order valence-electron chi connectivity index (χ3n) is 2.88. The number of anilines is 2. The third-order valence-corrected chi connectivity index (χ3v) is 3.57. The van der Waals surface area contributed by atoms with E-state index in [4.69, 9.17) is 5.84 Å². The van der Waals surface area contributed by atoms with Crippen molar-refractivity contribution in [3.8, 4) is 0 Å². The minimum Gasteiger partial charge on any atom is -0.370 e. The van der Waals surface area contributed by atoms with E-state index in [1.165, 1.54) is 18.6 Å². The number of aromatic nitrogens is 2. The van der Waals surface area contributed by atoms with E-state index in [2.05, 4.69) is 47.7 Å². The molecule has 4 N–H and O–H groups in total. The van der Waals surface area contributed by atoms with E-state index in [1.54, 1.807) is 0 Å². The molecule has 20 heavy (non-hydrogen) atoms. The molecule has 0 aliphatic carbocycles. The van der Waals surface area contributed by atoms with E-state index in [9.17, 15) is 0 Å². The quantitative estimate of drug-likeness (QED) is 0.389. The molecule has 0 aromatic carbocycles. The number of hydrogen-bond donors (Lipinski definition) is 3.